The number of amides is 2. The van der Waals surface area contributed by atoms with Gasteiger partial charge in [-0.2, -0.15) is 0 Å². The lowest BCUT2D eigenvalue weighted by atomic mass is 9.90. The van der Waals surface area contributed by atoms with E-state index in [1.807, 2.05) is 27.3 Å². The van der Waals surface area contributed by atoms with Gasteiger partial charge >= 0.3 is 0 Å². The summed E-state index contributed by atoms with van der Waals surface area (Å²) in [5, 5.41) is 4.15. The molecule has 2 aromatic heterocycles. The quantitative estimate of drug-likeness (QED) is 0.424. The largest absolute Gasteiger partial charge is 0.330 e. The molecule has 0 spiro atoms. The number of thiophene rings is 2. The Bertz CT molecular complexity index is 1130. The van der Waals surface area contributed by atoms with Gasteiger partial charge in [0.1, 0.15) is 6.54 Å². The van der Waals surface area contributed by atoms with Crippen molar-refractivity contribution in [3.8, 4) is 0 Å². The predicted molar refractivity (Wildman–Crippen MR) is 139 cm³/mol. The van der Waals surface area contributed by atoms with Crippen molar-refractivity contribution < 1.29 is 9.59 Å². The van der Waals surface area contributed by atoms with E-state index in [1.165, 1.54) is 28.0 Å². The molecule has 2 amide bonds. The summed E-state index contributed by atoms with van der Waals surface area (Å²) >= 11 is 3.40. The first-order valence-electron chi connectivity index (χ1n) is 12.3. The van der Waals surface area contributed by atoms with Crippen LogP contribution in [0.5, 0.6) is 0 Å². The highest BCUT2D eigenvalue weighted by Crippen LogP contribution is 2.39. The molecule has 178 valence electrons. The Kier molecular flexibility index (Phi) is 7.16. The number of rotatable bonds is 6. The molecule has 0 radical (unpaired) electrons. The molecule has 1 aliphatic carbocycles. The summed E-state index contributed by atoms with van der Waals surface area (Å²) in [6.07, 6.45) is 6.76. The lowest BCUT2D eigenvalue weighted by Gasteiger charge is -2.40. The molecule has 2 aliphatic rings. The average Bonchev–Trinajstić information content (AvgIpc) is 3.55. The minimum Gasteiger partial charge on any atom is -0.330 e. The number of hydrogen-bond donors (Lipinski definition) is 0. The second-order valence-corrected chi connectivity index (χ2v) is 11.5. The lowest BCUT2D eigenvalue weighted by molar-refractivity contribution is -0.143. The highest BCUT2D eigenvalue weighted by molar-refractivity contribution is 7.10. The first-order chi connectivity index (χ1) is 16.6. The summed E-state index contributed by atoms with van der Waals surface area (Å²) in [7, 11) is 0. The molecule has 0 N–H and O–H groups in total. The molecule has 4 nitrogen and oxygen atoms in total. The van der Waals surface area contributed by atoms with Gasteiger partial charge in [-0.05, 0) is 65.8 Å². The van der Waals surface area contributed by atoms with Crippen molar-refractivity contribution in [1.29, 1.82) is 0 Å². The van der Waals surface area contributed by atoms with Crippen LogP contribution in [0.2, 0.25) is 0 Å². The average molecular weight is 493 g/mol. The fraction of sp³-hybridized carbons (Fsp3) is 0.429. The van der Waals surface area contributed by atoms with Crippen LogP contribution in [0.3, 0.4) is 0 Å². The molecule has 5 rings (SSSR count). The molecular weight excluding hydrogens is 460 g/mol. The smallest absolute Gasteiger partial charge is 0.243 e. The Labute approximate surface area is 210 Å². The highest BCUT2D eigenvalue weighted by Gasteiger charge is 2.36. The number of nitrogens with zero attached hydrogens (tertiary/aromatic N) is 2. The van der Waals surface area contributed by atoms with Crippen molar-refractivity contribution in [1.82, 2.24) is 9.80 Å². The van der Waals surface area contributed by atoms with Crippen LogP contribution in [-0.2, 0) is 22.4 Å². The van der Waals surface area contributed by atoms with E-state index in [0.717, 1.165) is 37.0 Å². The van der Waals surface area contributed by atoms with E-state index in [4.69, 9.17) is 0 Å². The summed E-state index contributed by atoms with van der Waals surface area (Å²) in [6, 6.07) is 14.7. The number of carbonyl (C=O) groups excluding carboxylic acids is 2. The van der Waals surface area contributed by atoms with Gasteiger partial charge in [0.25, 0.3) is 0 Å². The maximum absolute atomic E-state index is 13.9. The van der Waals surface area contributed by atoms with Gasteiger partial charge in [-0.3, -0.25) is 9.59 Å². The second-order valence-electron chi connectivity index (χ2n) is 9.46. The summed E-state index contributed by atoms with van der Waals surface area (Å²) in [5.74, 6) is 0.151. The second kappa shape index (κ2) is 10.4. The van der Waals surface area contributed by atoms with Gasteiger partial charge in [0.05, 0.1) is 12.5 Å². The molecule has 0 bridgehead atoms. The number of aryl methyl sites for hydroxylation is 1. The minimum atomic E-state index is -0.0793. The maximum atomic E-state index is 13.9. The molecule has 3 aromatic rings. The van der Waals surface area contributed by atoms with Gasteiger partial charge in [-0.15, -0.1) is 22.7 Å². The molecule has 6 heteroatoms. The van der Waals surface area contributed by atoms with Crippen LogP contribution in [0.1, 0.15) is 64.6 Å². The molecule has 1 aliphatic heterocycles. The van der Waals surface area contributed by atoms with Crippen LogP contribution in [0.4, 0.5) is 0 Å². The van der Waals surface area contributed by atoms with Crippen molar-refractivity contribution in [2.75, 3.05) is 13.1 Å². The van der Waals surface area contributed by atoms with Crippen molar-refractivity contribution in [3.63, 3.8) is 0 Å². The molecule has 0 saturated heterocycles. The van der Waals surface area contributed by atoms with E-state index in [9.17, 15) is 9.59 Å². The molecular formula is C28H32N2O2S2. The van der Waals surface area contributed by atoms with Crippen LogP contribution in [0.15, 0.2) is 53.2 Å². The standard InChI is InChI=1S/C28H32N2O2S2/c1-20-8-5-6-12-23(20)28-24-14-17-34-25(24)13-15-29(28)27(32)19-30(21-9-3-2-4-10-21)26(31)18-22-11-7-16-33-22/h5-8,11-12,14,16-17,21,28H,2-4,9-10,13,15,18-19H2,1H3. The fourth-order valence-electron chi connectivity index (χ4n) is 5.53. The molecule has 1 unspecified atom stereocenters. The van der Waals surface area contributed by atoms with Crippen molar-refractivity contribution in [3.05, 3.63) is 79.7 Å². The Balaban J connectivity index is 1.42. The van der Waals surface area contributed by atoms with Crippen molar-refractivity contribution >= 4 is 34.5 Å². The molecule has 1 fully saturated rings. The Morgan fingerprint density at radius 3 is 2.56 bits per heavy atom. The fourth-order valence-corrected chi connectivity index (χ4v) is 7.13. The maximum Gasteiger partial charge on any atom is 0.243 e. The molecule has 3 heterocycles. The third kappa shape index (κ3) is 4.84. The number of carbonyl (C=O) groups is 2. The van der Waals surface area contributed by atoms with Gasteiger partial charge < -0.3 is 9.80 Å². The van der Waals surface area contributed by atoms with Crippen LogP contribution < -0.4 is 0 Å². The van der Waals surface area contributed by atoms with Crippen LogP contribution in [0.25, 0.3) is 0 Å². The summed E-state index contributed by atoms with van der Waals surface area (Å²) in [4.78, 5) is 33.8. The zero-order valence-corrected chi connectivity index (χ0v) is 21.4. The topological polar surface area (TPSA) is 40.6 Å². The van der Waals surface area contributed by atoms with Crippen LogP contribution >= 0.6 is 22.7 Å². The van der Waals surface area contributed by atoms with Gasteiger partial charge in [0, 0.05) is 22.3 Å². The van der Waals surface area contributed by atoms with E-state index in [2.05, 4.69) is 42.6 Å². The number of fused-ring (bicyclic) bond motifs is 1. The summed E-state index contributed by atoms with van der Waals surface area (Å²) in [6.45, 7) is 3.00. The van der Waals surface area contributed by atoms with Crippen molar-refractivity contribution in [2.45, 2.75) is 64.0 Å². The first kappa shape index (κ1) is 23.3. The first-order valence-corrected chi connectivity index (χ1v) is 14.1. The van der Waals surface area contributed by atoms with Gasteiger partial charge in [0.2, 0.25) is 11.8 Å². The monoisotopic (exact) mass is 492 g/mol. The van der Waals surface area contributed by atoms with Gasteiger partial charge in [-0.25, -0.2) is 0 Å². The summed E-state index contributed by atoms with van der Waals surface area (Å²) in [5.41, 5.74) is 3.62. The molecule has 34 heavy (non-hydrogen) atoms. The summed E-state index contributed by atoms with van der Waals surface area (Å²) < 4.78 is 0. The lowest BCUT2D eigenvalue weighted by Crippen LogP contribution is -2.50. The SMILES string of the molecule is Cc1ccccc1C1c2ccsc2CCN1C(=O)CN(C(=O)Cc1cccs1)C1CCCCC1. The third-order valence-corrected chi connectivity index (χ3v) is 9.19. The zero-order chi connectivity index (χ0) is 23.5. The Morgan fingerprint density at radius 2 is 1.79 bits per heavy atom. The number of hydrogen-bond acceptors (Lipinski definition) is 4. The predicted octanol–water partition coefficient (Wildman–Crippen LogP) is 6.00. The van der Waals surface area contributed by atoms with E-state index in [1.54, 1.807) is 22.7 Å². The highest BCUT2D eigenvalue weighted by atomic mass is 32.1. The van der Waals surface area contributed by atoms with E-state index < -0.39 is 0 Å². The molecule has 1 atom stereocenters. The van der Waals surface area contributed by atoms with E-state index >= 15 is 0 Å². The molecule has 1 aromatic carbocycles. The Hall–Kier alpha value is -2.44. The number of benzene rings is 1. The van der Waals surface area contributed by atoms with Crippen molar-refractivity contribution in [2.24, 2.45) is 0 Å². The van der Waals surface area contributed by atoms with E-state index in [-0.39, 0.29) is 30.4 Å². The van der Waals surface area contributed by atoms with E-state index in [0.29, 0.717) is 13.0 Å². The minimum absolute atomic E-state index is 0.0650. The molecule has 1 saturated carbocycles. The normalized spacial score (nSPS) is 18.5. The Morgan fingerprint density at radius 1 is 0.971 bits per heavy atom. The third-order valence-electron chi connectivity index (χ3n) is 7.32. The van der Waals surface area contributed by atoms with Crippen LogP contribution in [0, 0.1) is 6.92 Å². The zero-order valence-electron chi connectivity index (χ0n) is 19.7. The van der Waals surface area contributed by atoms with Gasteiger partial charge in [0.15, 0.2) is 0 Å². The van der Waals surface area contributed by atoms with Gasteiger partial charge in [-0.1, -0.05) is 49.6 Å². The van der Waals surface area contributed by atoms with Crippen LogP contribution in [-0.4, -0.2) is 40.7 Å².